The fraction of sp³-hybridized carbons (Fsp3) is 0.429. The fourth-order valence-electron chi connectivity index (χ4n) is 3.26. The number of hydrogen-bond acceptors (Lipinski definition) is 3. The Bertz CT molecular complexity index is 735. The predicted octanol–water partition coefficient (Wildman–Crippen LogP) is 2.77. The van der Waals surface area contributed by atoms with Gasteiger partial charge in [-0.3, -0.25) is 4.40 Å². The molecule has 114 valence electrons. The number of nitrogens with zero attached hydrogens (tertiary/aromatic N) is 3. The van der Waals surface area contributed by atoms with Crippen molar-refractivity contribution < 1.29 is 0 Å². The number of nitrogens with one attached hydrogen (secondary N) is 2. The van der Waals surface area contributed by atoms with Crippen LogP contribution < -0.4 is 5.32 Å². The number of H-pyrrole nitrogens is 1. The number of fused-ring (bicyclic) bond motifs is 3. The van der Waals surface area contributed by atoms with E-state index in [1.807, 2.05) is 18.6 Å². The molecule has 0 amide bonds. The summed E-state index contributed by atoms with van der Waals surface area (Å²) in [5, 5.41) is 3.50. The minimum Gasteiger partial charge on any atom is -0.345 e. The number of imidazole rings is 1. The molecule has 0 unspecified atom stereocenters. The summed E-state index contributed by atoms with van der Waals surface area (Å²) in [7, 11) is 0. The molecule has 4 heterocycles. The molecule has 0 spiro atoms. The molecule has 1 aliphatic heterocycles. The second-order valence-corrected chi connectivity index (χ2v) is 5.28. The van der Waals surface area contributed by atoms with Gasteiger partial charge in [0.05, 0.1) is 11.7 Å². The van der Waals surface area contributed by atoms with E-state index in [2.05, 4.69) is 37.7 Å². The molecule has 0 bridgehead atoms. The molecule has 1 aliphatic rings. The molecule has 2 atom stereocenters. The van der Waals surface area contributed by atoms with Crippen LogP contribution in [0.3, 0.4) is 0 Å². The summed E-state index contributed by atoms with van der Waals surface area (Å²) in [6, 6.07) is 2.07. The van der Waals surface area contributed by atoms with Crippen LogP contribution in [0.1, 0.15) is 25.0 Å². The van der Waals surface area contributed by atoms with E-state index in [-0.39, 0.29) is 24.8 Å². The van der Waals surface area contributed by atoms with Crippen molar-refractivity contribution in [1.29, 1.82) is 0 Å². The largest absolute Gasteiger partial charge is 0.345 e. The number of aromatic amines is 1. The summed E-state index contributed by atoms with van der Waals surface area (Å²) in [6.07, 6.45) is 6.99. The smallest absolute Gasteiger partial charge is 0.156 e. The zero-order valence-electron chi connectivity index (χ0n) is 11.7. The Morgan fingerprint density at radius 2 is 2.10 bits per heavy atom. The molecule has 0 aliphatic carbocycles. The van der Waals surface area contributed by atoms with E-state index >= 15 is 0 Å². The van der Waals surface area contributed by atoms with Gasteiger partial charge in [0.1, 0.15) is 0 Å². The number of halogens is 2. The van der Waals surface area contributed by atoms with Crippen LogP contribution in [0.2, 0.25) is 0 Å². The second kappa shape index (κ2) is 6.22. The molecule has 1 saturated heterocycles. The molecule has 1 fully saturated rings. The van der Waals surface area contributed by atoms with E-state index in [1.165, 1.54) is 12.1 Å². The summed E-state index contributed by atoms with van der Waals surface area (Å²) in [5.41, 5.74) is 4.28. The molecule has 7 heteroatoms. The van der Waals surface area contributed by atoms with Crippen molar-refractivity contribution in [2.24, 2.45) is 5.92 Å². The van der Waals surface area contributed by atoms with Crippen molar-refractivity contribution >= 4 is 41.6 Å². The van der Waals surface area contributed by atoms with Crippen LogP contribution in [-0.4, -0.2) is 32.4 Å². The molecular weight excluding hydrogens is 309 g/mol. The minimum atomic E-state index is 0. The lowest BCUT2D eigenvalue weighted by Crippen LogP contribution is -2.12. The SMILES string of the molecule is CC[C@@H]1CNC[C@@H]1c1cnc2cnc3[nH]ccc3n12.Cl.Cl. The van der Waals surface area contributed by atoms with Gasteiger partial charge >= 0.3 is 0 Å². The Hall–Kier alpha value is -1.30. The fourth-order valence-corrected chi connectivity index (χ4v) is 3.26. The van der Waals surface area contributed by atoms with Gasteiger partial charge in [0.25, 0.3) is 0 Å². The zero-order chi connectivity index (χ0) is 12.8. The van der Waals surface area contributed by atoms with E-state index < -0.39 is 0 Å². The summed E-state index contributed by atoms with van der Waals surface area (Å²) in [4.78, 5) is 12.1. The van der Waals surface area contributed by atoms with Crippen LogP contribution in [0.15, 0.2) is 24.7 Å². The van der Waals surface area contributed by atoms with Crippen molar-refractivity contribution in [3.63, 3.8) is 0 Å². The van der Waals surface area contributed by atoms with Crippen molar-refractivity contribution in [3.05, 3.63) is 30.4 Å². The van der Waals surface area contributed by atoms with Crippen molar-refractivity contribution in [2.45, 2.75) is 19.3 Å². The highest BCUT2D eigenvalue weighted by molar-refractivity contribution is 5.85. The number of aromatic nitrogens is 4. The maximum atomic E-state index is 4.52. The van der Waals surface area contributed by atoms with Crippen LogP contribution in [0.4, 0.5) is 0 Å². The average molecular weight is 328 g/mol. The van der Waals surface area contributed by atoms with Gasteiger partial charge in [-0.2, -0.15) is 0 Å². The second-order valence-electron chi connectivity index (χ2n) is 5.28. The molecule has 0 saturated carbocycles. The Morgan fingerprint density at radius 1 is 1.24 bits per heavy atom. The Kier molecular flexibility index (Phi) is 4.76. The monoisotopic (exact) mass is 327 g/mol. The first kappa shape index (κ1) is 16.1. The summed E-state index contributed by atoms with van der Waals surface area (Å²) in [5.74, 6) is 1.24. The van der Waals surface area contributed by atoms with Gasteiger partial charge in [0.2, 0.25) is 0 Å². The molecule has 2 N–H and O–H groups in total. The Labute approximate surface area is 135 Å². The molecular formula is C14H19Cl2N5. The van der Waals surface area contributed by atoms with Gasteiger partial charge in [-0.1, -0.05) is 13.3 Å². The van der Waals surface area contributed by atoms with Crippen molar-refractivity contribution in [1.82, 2.24) is 24.7 Å². The lowest BCUT2D eigenvalue weighted by atomic mass is 9.91. The van der Waals surface area contributed by atoms with Crippen LogP contribution in [0, 0.1) is 5.92 Å². The summed E-state index contributed by atoms with van der Waals surface area (Å²) in [6.45, 7) is 4.41. The third-order valence-corrected chi connectivity index (χ3v) is 4.31. The lowest BCUT2D eigenvalue weighted by molar-refractivity contribution is 0.493. The average Bonchev–Trinajstić information content (AvgIpc) is 3.15. The van der Waals surface area contributed by atoms with Crippen LogP contribution >= 0.6 is 24.8 Å². The molecule has 4 rings (SSSR count). The van der Waals surface area contributed by atoms with E-state index in [1.54, 1.807) is 0 Å². The first-order valence-corrected chi connectivity index (χ1v) is 6.88. The van der Waals surface area contributed by atoms with E-state index in [9.17, 15) is 0 Å². The zero-order valence-corrected chi connectivity index (χ0v) is 13.4. The maximum absolute atomic E-state index is 4.52. The normalized spacial score (nSPS) is 21.4. The standard InChI is InChI=1S/C14H17N5.2ClH/c1-2-9-5-15-6-10(9)12-7-17-13-8-18-14-11(19(12)13)3-4-16-14;;/h3-4,7-10,15-16H,2,5-6H2,1H3;2*1H/t9-,10+;;/m1../s1. The third-order valence-electron chi connectivity index (χ3n) is 4.31. The van der Waals surface area contributed by atoms with E-state index in [4.69, 9.17) is 0 Å². The molecule has 0 radical (unpaired) electrons. The van der Waals surface area contributed by atoms with Gasteiger partial charge in [0, 0.05) is 30.6 Å². The highest BCUT2D eigenvalue weighted by Crippen LogP contribution is 2.31. The van der Waals surface area contributed by atoms with Crippen LogP contribution in [0.25, 0.3) is 16.8 Å². The third kappa shape index (κ3) is 2.39. The summed E-state index contributed by atoms with van der Waals surface area (Å²) >= 11 is 0. The van der Waals surface area contributed by atoms with Gasteiger partial charge in [-0.25, -0.2) is 9.97 Å². The Balaban J connectivity index is 0.000000807. The molecule has 3 aromatic heterocycles. The summed E-state index contributed by atoms with van der Waals surface area (Å²) < 4.78 is 2.25. The highest BCUT2D eigenvalue weighted by atomic mass is 35.5. The maximum Gasteiger partial charge on any atom is 0.156 e. The van der Waals surface area contributed by atoms with Crippen LogP contribution in [0.5, 0.6) is 0 Å². The van der Waals surface area contributed by atoms with Crippen molar-refractivity contribution in [2.75, 3.05) is 13.1 Å². The first-order valence-electron chi connectivity index (χ1n) is 6.88. The molecule has 0 aromatic carbocycles. The minimum absolute atomic E-state index is 0. The predicted molar refractivity (Wildman–Crippen MR) is 88.7 cm³/mol. The molecule has 21 heavy (non-hydrogen) atoms. The van der Waals surface area contributed by atoms with Crippen molar-refractivity contribution in [3.8, 4) is 0 Å². The first-order chi connectivity index (χ1) is 9.38. The van der Waals surface area contributed by atoms with Crippen LogP contribution in [-0.2, 0) is 0 Å². The van der Waals surface area contributed by atoms with Gasteiger partial charge < -0.3 is 10.3 Å². The van der Waals surface area contributed by atoms with Gasteiger partial charge in [-0.05, 0) is 18.5 Å². The van der Waals surface area contributed by atoms with E-state index in [0.717, 1.165) is 29.9 Å². The van der Waals surface area contributed by atoms with E-state index in [0.29, 0.717) is 11.8 Å². The molecule has 5 nitrogen and oxygen atoms in total. The van der Waals surface area contributed by atoms with Gasteiger partial charge in [0.15, 0.2) is 11.3 Å². The lowest BCUT2D eigenvalue weighted by Gasteiger charge is -2.16. The Morgan fingerprint density at radius 3 is 2.90 bits per heavy atom. The quantitative estimate of drug-likeness (QED) is 0.760. The number of rotatable bonds is 2. The van der Waals surface area contributed by atoms with Gasteiger partial charge in [-0.15, -0.1) is 24.8 Å². The number of hydrogen-bond donors (Lipinski definition) is 2. The molecule has 3 aromatic rings. The highest BCUT2D eigenvalue weighted by Gasteiger charge is 2.29. The topological polar surface area (TPSA) is 58.0 Å².